The van der Waals surface area contributed by atoms with E-state index in [1.54, 1.807) is 18.1 Å². The number of carbonyl (C=O) groups excluding carboxylic acids is 2. The Kier molecular flexibility index (Phi) is 6.33. The minimum absolute atomic E-state index is 0.258. The summed E-state index contributed by atoms with van der Waals surface area (Å²) in [7, 11) is 0. The van der Waals surface area contributed by atoms with Gasteiger partial charge in [0.1, 0.15) is 11.9 Å². The van der Waals surface area contributed by atoms with Crippen LogP contribution in [0.5, 0.6) is 0 Å². The van der Waals surface area contributed by atoms with Crippen LogP contribution in [-0.4, -0.2) is 52.2 Å². The van der Waals surface area contributed by atoms with Gasteiger partial charge in [-0.25, -0.2) is 14.2 Å². The smallest absolute Gasteiger partial charge is 0.318 e. The second-order valence-corrected chi connectivity index (χ2v) is 7.30. The third-order valence-corrected chi connectivity index (χ3v) is 5.32. The number of hydrogen-bond acceptors (Lipinski definition) is 4. The zero-order valence-electron chi connectivity index (χ0n) is 15.0. The molecule has 0 spiro atoms. The second kappa shape index (κ2) is 8.90. The van der Waals surface area contributed by atoms with E-state index in [2.05, 4.69) is 20.6 Å². The van der Waals surface area contributed by atoms with Crippen LogP contribution in [0.3, 0.4) is 0 Å². The Morgan fingerprint density at radius 1 is 1.41 bits per heavy atom. The van der Waals surface area contributed by atoms with Gasteiger partial charge in [0.2, 0.25) is 5.91 Å². The summed E-state index contributed by atoms with van der Waals surface area (Å²) >= 11 is 1.68. The second-order valence-electron chi connectivity index (χ2n) is 6.20. The summed E-state index contributed by atoms with van der Waals surface area (Å²) < 4.78 is 13.2. The average Bonchev–Trinajstić information content (AvgIpc) is 3.07. The Hall–Kier alpha value is -2.55. The number of piperazine rings is 1. The van der Waals surface area contributed by atoms with E-state index in [0.717, 1.165) is 22.9 Å². The highest BCUT2D eigenvalue weighted by atomic mass is 32.2. The van der Waals surface area contributed by atoms with Crippen LogP contribution in [0.15, 0.2) is 30.6 Å². The van der Waals surface area contributed by atoms with E-state index >= 15 is 0 Å². The molecule has 3 amide bonds. The lowest BCUT2D eigenvalue weighted by Gasteiger charge is -2.35. The number of carbonyl (C=O) groups is 2. The Labute approximate surface area is 161 Å². The molecule has 1 aliphatic rings. The van der Waals surface area contributed by atoms with E-state index in [1.807, 2.05) is 6.92 Å². The number of nitrogens with zero attached hydrogens (tertiary/aromatic N) is 2. The van der Waals surface area contributed by atoms with Gasteiger partial charge in [-0.3, -0.25) is 4.79 Å². The molecule has 3 N–H and O–H groups in total. The molecule has 27 heavy (non-hydrogen) atoms. The fraction of sp³-hybridized carbons (Fsp3) is 0.389. The molecule has 0 saturated carbocycles. The van der Waals surface area contributed by atoms with Crippen LogP contribution in [-0.2, 0) is 10.5 Å². The van der Waals surface area contributed by atoms with Gasteiger partial charge in [-0.15, -0.1) is 0 Å². The topological polar surface area (TPSA) is 90.1 Å². The van der Waals surface area contributed by atoms with Gasteiger partial charge in [0, 0.05) is 36.8 Å². The minimum atomic E-state index is -0.751. The summed E-state index contributed by atoms with van der Waals surface area (Å²) in [4.78, 5) is 33.6. The summed E-state index contributed by atoms with van der Waals surface area (Å²) in [5.74, 6) is 0.871. The lowest BCUT2D eigenvalue weighted by Crippen LogP contribution is -2.55. The molecule has 2 heterocycles. The number of halogens is 1. The molecule has 0 aliphatic carbocycles. The van der Waals surface area contributed by atoms with Gasteiger partial charge < -0.3 is 20.5 Å². The van der Waals surface area contributed by atoms with E-state index < -0.39 is 6.04 Å². The number of H-pyrrole nitrogens is 1. The molecule has 1 saturated heterocycles. The number of aryl methyl sites for hydroxylation is 1. The monoisotopic (exact) mass is 391 g/mol. The highest BCUT2D eigenvalue weighted by Crippen LogP contribution is 2.23. The van der Waals surface area contributed by atoms with Crippen molar-refractivity contribution in [2.45, 2.75) is 18.7 Å². The SMILES string of the molecule is Cc1[nH]cnc1CSCCNC(=O)N1CCNC(=O)[C@H]1c1ccc(F)cc1. The molecule has 3 rings (SSSR count). The fourth-order valence-electron chi connectivity index (χ4n) is 2.90. The predicted molar refractivity (Wildman–Crippen MR) is 102 cm³/mol. The first-order chi connectivity index (χ1) is 13.1. The Balaban J connectivity index is 1.53. The maximum atomic E-state index is 13.2. The fourth-order valence-corrected chi connectivity index (χ4v) is 3.77. The third-order valence-electron chi connectivity index (χ3n) is 4.35. The van der Waals surface area contributed by atoms with Gasteiger partial charge in [0.05, 0.1) is 12.0 Å². The molecule has 0 bridgehead atoms. The van der Waals surface area contributed by atoms with Gasteiger partial charge in [-0.2, -0.15) is 11.8 Å². The van der Waals surface area contributed by atoms with Crippen LogP contribution in [0, 0.1) is 12.7 Å². The van der Waals surface area contributed by atoms with Gasteiger partial charge in [0.25, 0.3) is 0 Å². The standard InChI is InChI=1S/C18H22FN5O2S/c1-12-15(23-11-22-12)10-27-9-7-21-18(26)24-8-6-20-17(25)16(24)13-2-4-14(19)5-3-13/h2-5,11,16H,6-10H2,1H3,(H,20,25)(H,21,26)(H,22,23)/t16-/m1/s1. The van der Waals surface area contributed by atoms with Crippen molar-refractivity contribution in [3.8, 4) is 0 Å². The summed E-state index contributed by atoms with van der Waals surface area (Å²) in [6.07, 6.45) is 1.67. The van der Waals surface area contributed by atoms with Crippen LogP contribution < -0.4 is 10.6 Å². The van der Waals surface area contributed by atoms with E-state index in [4.69, 9.17) is 0 Å². The normalized spacial score (nSPS) is 16.9. The molecule has 2 aromatic rings. The number of hydrogen-bond donors (Lipinski definition) is 3. The number of urea groups is 1. The van der Waals surface area contributed by atoms with Crippen molar-refractivity contribution < 1.29 is 14.0 Å². The Morgan fingerprint density at radius 2 is 2.19 bits per heavy atom. The lowest BCUT2D eigenvalue weighted by atomic mass is 10.0. The molecular weight excluding hydrogens is 369 g/mol. The van der Waals surface area contributed by atoms with Gasteiger partial charge in [-0.05, 0) is 24.6 Å². The molecule has 1 aliphatic heterocycles. The maximum Gasteiger partial charge on any atom is 0.318 e. The summed E-state index contributed by atoms with van der Waals surface area (Å²) in [6.45, 7) is 3.26. The molecule has 0 unspecified atom stereocenters. The van der Waals surface area contributed by atoms with E-state index in [9.17, 15) is 14.0 Å². The average molecular weight is 391 g/mol. The molecule has 9 heteroatoms. The van der Waals surface area contributed by atoms with Crippen LogP contribution in [0.2, 0.25) is 0 Å². The largest absolute Gasteiger partial charge is 0.352 e. The van der Waals surface area contributed by atoms with Gasteiger partial charge >= 0.3 is 6.03 Å². The first-order valence-corrected chi connectivity index (χ1v) is 9.86. The van der Waals surface area contributed by atoms with E-state index in [0.29, 0.717) is 25.2 Å². The number of amides is 3. The van der Waals surface area contributed by atoms with Crippen LogP contribution in [0.25, 0.3) is 0 Å². The van der Waals surface area contributed by atoms with Crippen LogP contribution in [0.1, 0.15) is 23.0 Å². The maximum absolute atomic E-state index is 13.2. The molecule has 1 aromatic heterocycles. The minimum Gasteiger partial charge on any atom is -0.352 e. The zero-order valence-corrected chi connectivity index (χ0v) is 15.8. The summed E-state index contributed by atoms with van der Waals surface area (Å²) in [5.41, 5.74) is 2.65. The molecular formula is C18H22FN5O2S. The number of aromatic amines is 1. The molecule has 144 valence electrons. The van der Waals surface area contributed by atoms with Crippen molar-refractivity contribution >= 4 is 23.7 Å². The third kappa shape index (κ3) is 4.79. The Morgan fingerprint density at radius 3 is 2.89 bits per heavy atom. The van der Waals surface area contributed by atoms with Crippen LogP contribution in [0.4, 0.5) is 9.18 Å². The van der Waals surface area contributed by atoms with Crippen molar-refractivity contribution in [1.29, 1.82) is 0 Å². The quantitative estimate of drug-likeness (QED) is 0.657. The predicted octanol–water partition coefficient (Wildman–Crippen LogP) is 1.97. The summed E-state index contributed by atoms with van der Waals surface area (Å²) in [5, 5.41) is 5.62. The zero-order chi connectivity index (χ0) is 19.2. The first-order valence-electron chi connectivity index (χ1n) is 8.70. The van der Waals surface area contributed by atoms with Gasteiger partial charge in [0.15, 0.2) is 0 Å². The van der Waals surface area contributed by atoms with E-state index in [-0.39, 0.29) is 17.8 Å². The lowest BCUT2D eigenvalue weighted by molar-refractivity contribution is -0.127. The van der Waals surface area contributed by atoms with Gasteiger partial charge in [-0.1, -0.05) is 12.1 Å². The van der Waals surface area contributed by atoms with E-state index in [1.165, 1.54) is 29.2 Å². The number of thioether (sulfide) groups is 1. The molecule has 1 fully saturated rings. The number of imidazole rings is 1. The highest BCUT2D eigenvalue weighted by Gasteiger charge is 2.34. The number of nitrogens with one attached hydrogen (secondary N) is 3. The molecule has 7 nitrogen and oxygen atoms in total. The molecule has 1 atom stereocenters. The number of rotatable bonds is 6. The first kappa shape index (κ1) is 19.2. The molecule has 1 aromatic carbocycles. The van der Waals surface area contributed by atoms with Crippen molar-refractivity contribution in [1.82, 2.24) is 25.5 Å². The number of benzene rings is 1. The Bertz CT molecular complexity index is 795. The van der Waals surface area contributed by atoms with Crippen molar-refractivity contribution in [3.05, 3.63) is 53.4 Å². The highest BCUT2D eigenvalue weighted by molar-refractivity contribution is 7.98. The number of aromatic nitrogens is 2. The van der Waals surface area contributed by atoms with Crippen molar-refractivity contribution in [2.75, 3.05) is 25.4 Å². The molecule has 0 radical (unpaired) electrons. The van der Waals surface area contributed by atoms with Crippen molar-refractivity contribution in [3.63, 3.8) is 0 Å². The summed E-state index contributed by atoms with van der Waals surface area (Å²) in [6, 6.07) is 4.61. The van der Waals surface area contributed by atoms with Crippen LogP contribution >= 0.6 is 11.8 Å². The van der Waals surface area contributed by atoms with Crippen molar-refractivity contribution in [2.24, 2.45) is 0 Å².